The van der Waals surface area contributed by atoms with Crippen molar-refractivity contribution in [3.05, 3.63) is 30.1 Å². The summed E-state index contributed by atoms with van der Waals surface area (Å²) in [6.45, 7) is 0.777. The van der Waals surface area contributed by atoms with E-state index in [0.29, 0.717) is 0 Å². The van der Waals surface area contributed by atoms with Gasteiger partial charge in [-0.15, -0.1) is 0 Å². The quantitative estimate of drug-likeness (QED) is 0.685. The Kier molecular flexibility index (Phi) is 2.06. The summed E-state index contributed by atoms with van der Waals surface area (Å²) in [5, 5.41) is 10.8. The lowest BCUT2D eigenvalue weighted by molar-refractivity contribution is -0.104. The minimum Gasteiger partial charge on any atom is -0.313 e. The van der Waals surface area contributed by atoms with Crippen LogP contribution in [0.5, 0.6) is 0 Å². The molecule has 2 heterocycles. The molecule has 1 aliphatic rings. The van der Waals surface area contributed by atoms with Crippen molar-refractivity contribution in [1.82, 2.24) is 10.0 Å². The Balaban J connectivity index is 2.19. The first-order valence-electron chi connectivity index (χ1n) is 4.23. The third-order valence-electron chi connectivity index (χ3n) is 2.29. The van der Waals surface area contributed by atoms with Crippen LogP contribution in [0.2, 0.25) is 0 Å². The second-order valence-corrected chi connectivity index (χ2v) is 3.11. The lowest BCUT2D eigenvalue weighted by atomic mass is 10.1. The topological polar surface area (TPSA) is 36.4 Å². The van der Waals surface area contributed by atoms with Crippen LogP contribution < -0.4 is 0 Å². The predicted molar refractivity (Wildman–Crippen MR) is 44.7 cm³/mol. The highest BCUT2D eigenvalue weighted by molar-refractivity contribution is 5.14. The molecule has 1 unspecified atom stereocenters. The van der Waals surface area contributed by atoms with Gasteiger partial charge in [-0.05, 0) is 24.5 Å². The molecule has 0 bridgehead atoms. The first-order valence-corrected chi connectivity index (χ1v) is 4.23. The van der Waals surface area contributed by atoms with Crippen LogP contribution in [-0.2, 0) is 0 Å². The molecule has 1 N–H and O–H groups in total. The van der Waals surface area contributed by atoms with Gasteiger partial charge in [-0.1, -0.05) is 6.07 Å². The number of hydroxylamine groups is 2. The van der Waals surface area contributed by atoms with E-state index in [0.717, 1.165) is 24.9 Å². The zero-order valence-electron chi connectivity index (χ0n) is 6.85. The highest BCUT2D eigenvalue weighted by atomic mass is 16.5. The fourth-order valence-electron chi connectivity index (χ4n) is 1.66. The average Bonchev–Trinajstić information content (AvgIpc) is 2.53. The van der Waals surface area contributed by atoms with Crippen LogP contribution in [0.25, 0.3) is 0 Å². The minimum absolute atomic E-state index is 0.165. The van der Waals surface area contributed by atoms with Crippen molar-refractivity contribution < 1.29 is 5.21 Å². The fourth-order valence-corrected chi connectivity index (χ4v) is 1.66. The Morgan fingerprint density at radius 3 is 3.08 bits per heavy atom. The highest BCUT2D eigenvalue weighted by Gasteiger charge is 2.24. The molecule has 1 aromatic rings. The van der Waals surface area contributed by atoms with Crippen molar-refractivity contribution in [3.8, 4) is 0 Å². The molecule has 1 atom stereocenters. The molecule has 1 aromatic heterocycles. The molecule has 12 heavy (non-hydrogen) atoms. The maximum Gasteiger partial charge on any atom is 0.0615 e. The summed E-state index contributed by atoms with van der Waals surface area (Å²) in [7, 11) is 0. The Labute approximate surface area is 71.6 Å². The van der Waals surface area contributed by atoms with Crippen molar-refractivity contribution in [2.45, 2.75) is 18.9 Å². The highest BCUT2D eigenvalue weighted by Crippen LogP contribution is 2.28. The van der Waals surface area contributed by atoms with Gasteiger partial charge in [0.05, 0.1) is 6.04 Å². The molecule has 0 spiro atoms. The van der Waals surface area contributed by atoms with Crippen LogP contribution in [0.4, 0.5) is 0 Å². The molecule has 0 saturated carbocycles. The van der Waals surface area contributed by atoms with Gasteiger partial charge in [0.15, 0.2) is 0 Å². The molecule has 1 aliphatic heterocycles. The van der Waals surface area contributed by atoms with E-state index < -0.39 is 0 Å². The van der Waals surface area contributed by atoms with Crippen LogP contribution in [0.15, 0.2) is 24.5 Å². The molecule has 0 amide bonds. The van der Waals surface area contributed by atoms with Gasteiger partial charge in [-0.3, -0.25) is 4.98 Å². The van der Waals surface area contributed by atoms with Crippen LogP contribution in [0, 0.1) is 0 Å². The van der Waals surface area contributed by atoms with Crippen molar-refractivity contribution >= 4 is 0 Å². The summed E-state index contributed by atoms with van der Waals surface area (Å²) in [6.07, 6.45) is 5.66. The van der Waals surface area contributed by atoms with Crippen molar-refractivity contribution in [1.29, 1.82) is 0 Å². The summed E-state index contributed by atoms with van der Waals surface area (Å²) >= 11 is 0. The molecule has 1 fully saturated rings. The minimum atomic E-state index is 0.165. The van der Waals surface area contributed by atoms with Crippen LogP contribution in [0.1, 0.15) is 24.4 Å². The molecule has 3 heteroatoms. The molecule has 0 radical (unpaired) electrons. The molecule has 0 aromatic carbocycles. The van der Waals surface area contributed by atoms with E-state index in [-0.39, 0.29) is 6.04 Å². The summed E-state index contributed by atoms with van der Waals surface area (Å²) in [4.78, 5) is 4.03. The average molecular weight is 164 g/mol. The third-order valence-corrected chi connectivity index (χ3v) is 2.29. The monoisotopic (exact) mass is 164 g/mol. The normalized spacial score (nSPS) is 24.6. The standard InChI is InChI=1S/C9H12N2O/c12-11-6-2-4-9(11)8-3-1-5-10-7-8/h1,3,5,7,9,12H,2,4,6H2. The molecular formula is C9H12N2O. The number of pyridine rings is 1. The lowest BCUT2D eigenvalue weighted by Gasteiger charge is -2.16. The van der Waals surface area contributed by atoms with Crippen LogP contribution >= 0.6 is 0 Å². The zero-order valence-corrected chi connectivity index (χ0v) is 6.85. The number of nitrogens with zero attached hydrogens (tertiary/aromatic N) is 2. The maximum atomic E-state index is 9.45. The van der Waals surface area contributed by atoms with E-state index in [2.05, 4.69) is 4.98 Å². The number of rotatable bonds is 1. The zero-order chi connectivity index (χ0) is 8.39. The second-order valence-electron chi connectivity index (χ2n) is 3.11. The van der Waals surface area contributed by atoms with Crippen molar-refractivity contribution in [2.24, 2.45) is 0 Å². The van der Waals surface area contributed by atoms with Crippen molar-refractivity contribution in [2.75, 3.05) is 6.54 Å². The van der Waals surface area contributed by atoms with Gasteiger partial charge >= 0.3 is 0 Å². The van der Waals surface area contributed by atoms with E-state index in [1.807, 2.05) is 18.3 Å². The first kappa shape index (κ1) is 7.71. The molecule has 1 saturated heterocycles. The number of hydrogen-bond donors (Lipinski definition) is 1. The van der Waals surface area contributed by atoms with Gasteiger partial charge in [0.2, 0.25) is 0 Å². The molecule has 2 rings (SSSR count). The molecule has 64 valence electrons. The third kappa shape index (κ3) is 1.33. The summed E-state index contributed by atoms with van der Waals surface area (Å²) in [6, 6.07) is 4.08. The van der Waals surface area contributed by atoms with Crippen LogP contribution in [-0.4, -0.2) is 21.8 Å². The van der Waals surface area contributed by atoms with Gasteiger partial charge in [-0.2, -0.15) is 5.06 Å². The lowest BCUT2D eigenvalue weighted by Crippen LogP contribution is -2.18. The molecular weight excluding hydrogens is 152 g/mol. The van der Waals surface area contributed by atoms with Gasteiger partial charge in [0.25, 0.3) is 0 Å². The number of hydrogen-bond acceptors (Lipinski definition) is 3. The Morgan fingerprint density at radius 2 is 2.50 bits per heavy atom. The maximum absolute atomic E-state index is 9.45. The van der Waals surface area contributed by atoms with Gasteiger partial charge in [0.1, 0.15) is 0 Å². The van der Waals surface area contributed by atoms with E-state index in [1.165, 1.54) is 5.06 Å². The number of aromatic nitrogens is 1. The van der Waals surface area contributed by atoms with Gasteiger partial charge < -0.3 is 5.21 Å². The van der Waals surface area contributed by atoms with Gasteiger partial charge in [0, 0.05) is 18.9 Å². The Bertz CT molecular complexity index is 250. The summed E-state index contributed by atoms with van der Waals surface area (Å²) in [5.41, 5.74) is 1.11. The molecule has 3 nitrogen and oxygen atoms in total. The van der Waals surface area contributed by atoms with E-state index in [4.69, 9.17) is 0 Å². The predicted octanol–water partition coefficient (Wildman–Crippen LogP) is 1.61. The van der Waals surface area contributed by atoms with Crippen LogP contribution in [0.3, 0.4) is 0 Å². The first-order chi connectivity index (χ1) is 5.88. The largest absolute Gasteiger partial charge is 0.313 e. The Morgan fingerprint density at radius 1 is 1.58 bits per heavy atom. The van der Waals surface area contributed by atoms with E-state index in [1.54, 1.807) is 6.20 Å². The van der Waals surface area contributed by atoms with Gasteiger partial charge in [-0.25, -0.2) is 0 Å². The SMILES string of the molecule is ON1CCCC1c1cccnc1. The van der Waals surface area contributed by atoms with E-state index >= 15 is 0 Å². The second kappa shape index (κ2) is 3.21. The smallest absolute Gasteiger partial charge is 0.0615 e. The Hall–Kier alpha value is -0.930. The fraction of sp³-hybridized carbons (Fsp3) is 0.444. The molecule has 0 aliphatic carbocycles. The van der Waals surface area contributed by atoms with E-state index in [9.17, 15) is 5.21 Å². The van der Waals surface area contributed by atoms with Crippen molar-refractivity contribution in [3.63, 3.8) is 0 Å². The summed E-state index contributed by atoms with van der Waals surface area (Å²) in [5.74, 6) is 0. The summed E-state index contributed by atoms with van der Waals surface area (Å²) < 4.78 is 0.